The monoisotopic (exact) mass is 246 g/mol. The summed E-state index contributed by atoms with van der Waals surface area (Å²) in [4.78, 5) is 0. The number of nitrogens with two attached hydrogens (primary N) is 1. The van der Waals surface area contributed by atoms with Gasteiger partial charge in [0, 0.05) is 19.3 Å². The Bertz CT molecular complexity index is 312. The van der Waals surface area contributed by atoms with E-state index in [1.54, 1.807) is 16.4 Å². The van der Waals surface area contributed by atoms with Crippen molar-refractivity contribution in [1.82, 2.24) is 25.5 Å². The van der Waals surface area contributed by atoms with Crippen LogP contribution in [0.15, 0.2) is 5.16 Å². The van der Waals surface area contributed by atoms with Gasteiger partial charge in [0.1, 0.15) is 0 Å². The molecule has 0 spiro atoms. The fourth-order valence-electron chi connectivity index (χ4n) is 0.946. The molecule has 15 heavy (non-hydrogen) atoms. The molecular weight excluding hydrogens is 232 g/mol. The van der Waals surface area contributed by atoms with E-state index in [1.807, 2.05) is 7.05 Å². The largest absolute Gasteiger partial charge is 0.376 e. The number of aromatic nitrogens is 4. The Hall–Kier alpha value is -0.890. The molecule has 0 fully saturated rings. The van der Waals surface area contributed by atoms with Crippen LogP contribution in [0, 0.1) is 0 Å². The minimum Gasteiger partial charge on any atom is -0.376 e. The molecule has 0 aliphatic rings. The van der Waals surface area contributed by atoms with E-state index in [2.05, 4.69) is 33.1 Å². The molecule has 1 rings (SSSR count). The highest BCUT2D eigenvalue weighted by atomic mass is 32.2. The van der Waals surface area contributed by atoms with E-state index < -0.39 is 0 Å². The number of thioether (sulfide) groups is 1. The number of hydrogen-bond acceptors (Lipinski definition) is 5. The summed E-state index contributed by atoms with van der Waals surface area (Å²) in [5.74, 6) is 0.993. The number of nitrogens with one attached hydrogen (secondary N) is 1. The van der Waals surface area contributed by atoms with Gasteiger partial charge in [0.2, 0.25) is 5.16 Å². The van der Waals surface area contributed by atoms with Crippen molar-refractivity contribution in [2.45, 2.75) is 18.0 Å². The average molecular weight is 246 g/mol. The van der Waals surface area contributed by atoms with Crippen molar-refractivity contribution in [2.75, 3.05) is 12.3 Å². The van der Waals surface area contributed by atoms with Gasteiger partial charge in [-0.3, -0.25) is 0 Å². The van der Waals surface area contributed by atoms with E-state index in [0.29, 0.717) is 5.11 Å². The predicted molar refractivity (Wildman–Crippen MR) is 63.5 cm³/mol. The van der Waals surface area contributed by atoms with Gasteiger partial charge < -0.3 is 11.1 Å². The molecule has 6 nitrogen and oxygen atoms in total. The summed E-state index contributed by atoms with van der Waals surface area (Å²) in [6.45, 7) is 0.826. The normalized spacial score (nSPS) is 10.2. The van der Waals surface area contributed by atoms with Gasteiger partial charge in [-0.25, -0.2) is 4.68 Å². The van der Waals surface area contributed by atoms with Gasteiger partial charge in [-0.1, -0.05) is 11.8 Å². The van der Waals surface area contributed by atoms with Crippen molar-refractivity contribution in [3.63, 3.8) is 0 Å². The van der Waals surface area contributed by atoms with Crippen molar-refractivity contribution in [3.05, 3.63) is 0 Å². The second-order valence-electron chi connectivity index (χ2n) is 2.93. The lowest BCUT2D eigenvalue weighted by Crippen LogP contribution is -2.29. The highest BCUT2D eigenvalue weighted by molar-refractivity contribution is 7.99. The zero-order valence-electron chi connectivity index (χ0n) is 8.51. The fraction of sp³-hybridized carbons (Fsp3) is 0.714. The molecule has 1 aromatic rings. The first-order valence-electron chi connectivity index (χ1n) is 4.58. The number of tetrazole rings is 1. The van der Waals surface area contributed by atoms with Gasteiger partial charge in [0.25, 0.3) is 0 Å². The molecule has 0 saturated heterocycles. The molecule has 1 heterocycles. The molecule has 8 heteroatoms. The molecule has 84 valence electrons. The third-order valence-corrected chi connectivity index (χ3v) is 2.92. The fourth-order valence-corrected chi connectivity index (χ4v) is 1.90. The maximum Gasteiger partial charge on any atom is 0.209 e. The van der Waals surface area contributed by atoms with Crippen LogP contribution in [-0.4, -0.2) is 37.6 Å². The van der Waals surface area contributed by atoms with Crippen LogP contribution in [0.5, 0.6) is 0 Å². The Morgan fingerprint density at radius 2 is 2.40 bits per heavy atom. The smallest absolute Gasteiger partial charge is 0.209 e. The molecule has 0 unspecified atom stereocenters. The second-order valence-corrected chi connectivity index (χ2v) is 4.43. The first-order chi connectivity index (χ1) is 7.20. The van der Waals surface area contributed by atoms with Crippen molar-refractivity contribution in [2.24, 2.45) is 12.8 Å². The minimum atomic E-state index is 0.361. The number of rotatable bonds is 6. The lowest BCUT2D eigenvalue weighted by atomic mass is 10.3. The van der Waals surface area contributed by atoms with Crippen LogP contribution < -0.4 is 11.1 Å². The van der Waals surface area contributed by atoms with Crippen LogP contribution in [0.3, 0.4) is 0 Å². The Morgan fingerprint density at radius 1 is 1.60 bits per heavy atom. The Balaban J connectivity index is 2.03. The third-order valence-electron chi connectivity index (χ3n) is 1.68. The van der Waals surface area contributed by atoms with Crippen LogP contribution in [0.4, 0.5) is 0 Å². The van der Waals surface area contributed by atoms with E-state index in [4.69, 9.17) is 5.73 Å². The molecule has 3 N–H and O–H groups in total. The van der Waals surface area contributed by atoms with Gasteiger partial charge in [0.15, 0.2) is 5.11 Å². The topological polar surface area (TPSA) is 81.7 Å². The minimum absolute atomic E-state index is 0.361. The highest BCUT2D eigenvalue weighted by Gasteiger charge is 2.01. The molecule has 0 radical (unpaired) electrons. The second kappa shape index (κ2) is 6.57. The van der Waals surface area contributed by atoms with E-state index in [9.17, 15) is 0 Å². The van der Waals surface area contributed by atoms with Crippen molar-refractivity contribution < 1.29 is 0 Å². The summed E-state index contributed by atoms with van der Waals surface area (Å²) in [6, 6.07) is 0. The maximum atomic E-state index is 5.29. The van der Waals surface area contributed by atoms with Gasteiger partial charge in [-0.2, -0.15) is 0 Å². The number of unbranched alkanes of at least 4 members (excludes halogenated alkanes) is 1. The van der Waals surface area contributed by atoms with Crippen LogP contribution in [0.25, 0.3) is 0 Å². The summed E-state index contributed by atoms with van der Waals surface area (Å²) in [7, 11) is 1.83. The molecular formula is C7H14N6S2. The Kier molecular flexibility index (Phi) is 5.33. The maximum absolute atomic E-state index is 5.29. The SMILES string of the molecule is Cn1nnnc1SCCCCNC(N)=S. The number of aryl methyl sites for hydroxylation is 1. The zero-order valence-corrected chi connectivity index (χ0v) is 10.1. The first kappa shape index (κ1) is 12.2. The van der Waals surface area contributed by atoms with Crippen molar-refractivity contribution in [1.29, 1.82) is 0 Å². The molecule has 1 aromatic heterocycles. The number of nitrogens with zero attached hydrogens (tertiary/aromatic N) is 4. The third kappa shape index (κ3) is 4.93. The molecule has 0 aromatic carbocycles. The Morgan fingerprint density at radius 3 is 3.00 bits per heavy atom. The van der Waals surface area contributed by atoms with E-state index >= 15 is 0 Å². The number of thiocarbonyl (C=S) groups is 1. The quantitative estimate of drug-likeness (QED) is 0.412. The van der Waals surface area contributed by atoms with Crippen molar-refractivity contribution >= 4 is 29.1 Å². The highest BCUT2D eigenvalue weighted by Crippen LogP contribution is 2.13. The summed E-state index contributed by atoms with van der Waals surface area (Å²) < 4.78 is 1.66. The van der Waals surface area contributed by atoms with E-state index in [-0.39, 0.29) is 0 Å². The molecule has 0 saturated carbocycles. The molecule has 0 atom stereocenters. The summed E-state index contributed by atoms with van der Waals surface area (Å²) in [5.41, 5.74) is 5.29. The van der Waals surface area contributed by atoms with Crippen LogP contribution in [0.2, 0.25) is 0 Å². The van der Waals surface area contributed by atoms with Crippen LogP contribution >= 0.6 is 24.0 Å². The summed E-state index contributed by atoms with van der Waals surface area (Å²) >= 11 is 6.33. The zero-order chi connectivity index (χ0) is 11.1. The van der Waals surface area contributed by atoms with Gasteiger partial charge in [-0.05, 0) is 35.5 Å². The first-order valence-corrected chi connectivity index (χ1v) is 5.98. The van der Waals surface area contributed by atoms with Gasteiger partial charge >= 0.3 is 0 Å². The predicted octanol–water partition coefficient (Wildman–Crippen LogP) is -0.0844. The Labute approximate surface area is 98.0 Å². The summed E-state index contributed by atoms with van der Waals surface area (Å²) in [6.07, 6.45) is 2.11. The van der Waals surface area contributed by atoms with Crippen LogP contribution in [0.1, 0.15) is 12.8 Å². The van der Waals surface area contributed by atoms with E-state index in [0.717, 1.165) is 30.3 Å². The molecule has 0 aliphatic heterocycles. The van der Waals surface area contributed by atoms with E-state index in [1.165, 1.54) is 0 Å². The molecule has 0 amide bonds. The number of hydrogen-bond donors (Lipinski definition) is 2. The van der Waals surface area contributed by atoms with Gasteiger partial charge in [-0.15, -0.1) is 5.10 Å². The summed E-state index contributed by atoms with van der Waals surface area (Å²) in [5, 5.41) is 15.3. The molecule has 0 bridgehead atoms. The molecule has 0 aliphatic carbocycles. The average Bonchev–Trinajstić information content (AvgIpc) is 2.57. The lowest BCUT2D eigenvalue weighted by Gasteiger charge is -2.02. The van der Waals surface area contributed by atoms with Crippen LogP contribution in [-0.2, 0) is 7.05 Å². The standard InChI is InChI=1S/C7H14N6S2/c1-13-7(10-11-12-13)15-5-3-2-4-9-6(8)14/h2-5H2,1H3,(H3,8,9,14). The lowest BCUT2D eigenvalue weighted by molar-refractivity contribution is 0.663. The van der Waals surface area contributed by atoms with Gasteiger partial charge in [0.05, 0.1) is 0 Å². The van der Waals surface area contributed by atoms with Crippen molar-refractivity contribution in [3.8, 4) is 0 Å².